The quantitative estimate of drug-likeness (QED) is 0.366. The molecule has 1 heterocycles. The third-order valence-electron chi connectivity index (χ3n) is 1.26. The number of hydrazine groups is 1. The molecular weight excluding hydrogens is 150 g/mol. The molecule has 0 N–H and O–H groups in total. The van der Waals surface area contributed by atoms with Gasteiger partial charge >= 0.3 is 0 Å². The highest BCUT2D eigenvalue weighted by atomic mass is 16.7. The zero-order valence-corrected chi connectivity index (χ0v) is 5.71. The van der Waals surface area contributed by atoms with Crippen LogP contribution in [-0.2, 0) is 0 Å². The van der Waals surface area contributed by atoms with Gasteiger partial charge in [0.15, 0.2) is 11.4 Å². The molecule has 0 radical (unpaired) electrons. The molecule has 1 atom stereocenters. The third-order valence-corrected chi connectivity index (χ3v) is 1.26. The van der Waals surface area contributed by atoms with E-state index in [4.69, 9.17) is 5.26 Å². The molecule has 0 aromatic heterocycles. The first-order valence-electron chi connectivity index (χ1n) is 2.76. The summed E-state index contributed by atoms with van der Waals surface area (Å²) in [5.41, 5.74) is 0. The van der Waals surface area contributed by atoms with Crippen LogP contribution in [0.1, 0.15) is 0 Å². The first-order chi connectivity index (χ1) is 5.16. The summed E-state index contributed by atoms with van der Waals surface area (Å²) in [5, 5.41) is 23.3. The van der Waals surface area contributed by atoms with E-state index < -0.39 is 11.2 Å². The van der Waals surface area contributed by atoms with Gasteiger partial charge in [-0.3, -0.25) is 5.01 Å². The number of hydrogen-bond acceptors (Lipinski definition) is 5. The van der Waals surface area contributed by atoms with Gasteiger partial charge in [0.1, 0.15) is 6.07 Å². The van der Waals surface area contributed by atoms with E-state index in [2.05, 4.69) is 5.10 Å². The number of nitro groups is 1. The van der Waals surface area contributed by atoms with Crippen molar-refractivity contribution in [2.45, 2.75) is 6.17 Å². The first kappa shape index (κ1) is 7.27. The maximum atomic E-state index is 10.2. The van der Waals surface area contributed by atoms with Crippen LogP contribution in [-0.4, -0.2) is 34.6 Å². The van der Waals surface area contributed by atoms with E-state index in [9.17, 15) is 10.1 Å². The van der Waals surface area contributed by atoms with Gasteiger partial charge in [0.25, 0.3) is 6.17 Å². The molecule has 11 heavy (non-hydrogen) atoms. The molecule has 0 spiro atoms. The minimum Gasteiger partial charge on any atom is -0.258 e. The van der Waals surface area contributed by atoms with Crippen LogP contribution in [0.25, 0.3) is 0 Å². The predicted octanol–water partition coefficient (Wildman–Crippen LogP) is -0.782. The Morgan fingerprint density at radius 3 is 2.91 bits per heavy atom. The average molecular weight is 155 g/mol. The molecule has 1 unspecified atom stereocenters. The number of hydrazone groups is 1. The second kappa shape index (κ2) is 2.42. The van der Waals surface area contributed by atoms with E-state index in [1.165, 1.54) is 12.1 Å². The lowest BCUT2D eigenvalue weighted by molar-refractivity contribution is -0.634. The van der Waals surface area contributed by atoms with Crippen molar-refractivity contribution in [1.29, 1.82) is 5.26 Å². The van der Waals surface area contributed by atoms with Crippen LogP contribution >= 0.6 is 0 Å². The van der Waals surface area contributed by atoms with Crippen molar-refractivity contribution in [3.63, 3.8) is 0 Å². The largest absolute Gasteiger partial charge is 0.269 e. The molecule has 1 aliphatic rings. The van der Waals surface area contributed by atoms with Gasteiger partial charge in [-0.25, -0.2) is 10.1 Å². The molecule has 0 aliphatic carbocycles. The predicted molar refractivity (Wildman–Crippen MR) is 34.5 cm³/mol. The fraction of sp³-hybridized carbons (Fsp3) is 0.500. The fourth-order valence-electron chi connectivity index (χ4n) is 0.706. The van der Waals surface area contributed by atoms with E-state index in [-0.39, 0.29) is 0 Å². The van der Waals surface area contributed by atoms with Gasteiger partial charge in [-0.2, -0.15) is 10.4 Å². The lowest BCUT2D eigenvalue weighted by Gasteiger charge is -2.12. The van der Waals surface area contributed by atoms with Crippen molar-refractivity contribution in [1.82, 2.24) is 10.0 Å². The van der Waals surface area contributed by atoms with Crippen molar-refractivity contribution in [3.05, 3.63) is 10.1 Å². The van der Waals surface area contributed by atoms with Gasteiger partial charge in [0.05, 0.1) is 0 Å². The topological polar surface area (TPSA) is 85.8 Å². The number of nitriles is 1. The van der Waals surface area contributed by atoms with Gasteiger partial charge in [0, 0.05) is 7.05 Å². The monoisotopic (exact) mass is 155 g/mol. The fourth-order valence-corrected chi connectivity index (χ4v) is 0.706. The van der Waals surface area contributed by atoms with Crippen LogP contribution in [0.3, 0.4) is 0 Å². The smallest absolute Gasteiger partial charge is 0.258 e. The Balaban J connectivity index is 2.78. The standard InChI is InChI=1S/C4H5N5O2/c1-7-4(2-5)8(3-6-7)9(10)11/h3-4H,1H3. The summed E-state index contributed by atoms with van der Waals surface area (Å²) in [6.45, 7) is 0. The van der Waals surface area contributed by atoms with Gasteiger partial charge in [-0.1, -0.05) is 0 Å². The van der Waals surface area contributed by atoms with Gasteiger partial charge in [-0.05, 0) is 5.01 Å². The normalized spacial score (nSPS) is 22.0. The summed E-state index contributed by atoms with van der Waals surface area (Å²) < 4.78 is 0. The number of rotatable bonds is 1. The minimum atomic E-state index is -0.926. The SMILES string of the molecule is CN1N=CN([N+](=O)[O-])C1C#N. The lowest BCUT2D eigenvalue weighted by atomic mass is 10.5. The van der Waals surface area contributed by atoms with Crippen molar-refractivity contribution in [2.24, 2.45) is 5.10 Å². The number of hydrogen-bond donors (Lipinski definition) is 0. The van der Waals surface area contributed by atoms with Crippen molar-refractivity contribution in [2.75, 3.05) is 7.05 Å². The summed E-state index contributed by atoms with van der Waals surface area (Å²) in [6, 6.07) is 1.73. The highest BCUT2D eigenvalue weighted by molar-refractivity contribution is 5.55. The van der Waals surface area contributed by atoms with Crippen LogP contribution < -0.4 is 0 Å². The van der Waals surface area contributed by atoms with E-state index in [1.54, 1.807) is 6.07 Å². The molecule has 1 aliphatic heterocycles. The summed E-state index contributed by atoms with van der Waals surface area (Å²) in [4.78, 5) is 10.2. The zero-order valence-electron chi connectivity index (χ0n) is 5.71. The molecule has 0 aromatic rings. The highest BCUT2D eigenvalue weighted by Gasteiger charge is 2.33. The molecule has 58 valence electrons. The highest BCUT2D eigenvalue weighted by Crippen LogP contribution is 2.07. The molecule has 0 amide bonds. The van der Waals surface area contributed by atoms with Crippen LogP contribution in [0.2, 0.25) is 0 Å². The lowest BCUT2D eigenvalue weighted by Crippen LogP contribution is -2.40. The molecule has 0 aromatic carbocycles. The Hall–Kier alpha value is -1.84. The third kappa shape index (κ3) is 1.05. The van der Waals surface area contributed by atoms with E-state index >= 15 is 0 Å². The van der Waals surface area contributed by atoms with Gasteiger partial charge < -0.3 is 0 Å². The van der Waals surface area contributed by atoms with Gasteiger partial charge in [0.2, 0.25) is 0 Å². The van der Waals surface area contributed by atoms with Crippen LogP contribution in [0.5, 0.6) is 0 Å². The summed E-state index contributed by atoms with van der Waals surface area (Å²) >= 11 is 0. The minimum absolute atomic E-state index is 0.639. The Bertz CT molecular complexity index is 243. The molecule has 0 bridgehead atoms. The van der Waals surface area contributed by atoms with Crippen molar-refractivity contribution < 1.29 is 5.03 Å². The van der Waals surface area contributed by atoms with E-state index in [0.717, 1.165) is 6.34 Å². The average Bonchev–Trinajstić information content (AvgIpc) is 2.30. The second-order valence-corrected chi connectivity index (χ2v) is 1.93. The molecule has 1 rings (SSSR count). The van der Waals surface area contributed by atoms with Crippen LogP contribution in [0.15, 0.2) is 5.10 Å². The maximum Gasteiger partial charge on any atom is 0.269 e. The summed E-state index contributed by atoms with van der Waals surface area (Å²) in [5.74, 6) is 0. The maximum absolute atomic E-state index is 10.2. The van der Waals surface area contributed by atoms with Gasteiger partial charge in [-0.15, -0.1) is 0 Å². The zero-order chi connectivity index (χ0) is 8.43. The van der Waals surface area contributed by atoms with E-state index in [0.29, 0.717) is 5.01 Å². The molecule has 7 nitrogen and oxygen atoms in total. The Labute approximate surface area is 62.2 Å². The summed E-state index contributed by atoms with van der Waals surface area (Å²) in [6.07, 6.45) is 0.0819. The van der Waals surface area contributed by atoms with Crippen molar-refractivity contribution in [3.8, 4) is 6.07 Å². The van der Waals surface area contributed by atoms with Crippen molar-refractivity contribution >= 4 is 6.34 Å². The molecule has 7 heteroatoms. The first-order valence-corrected chi connectivity index (χ1v) is 2.76. The second-order valence-electron chi connectivity index (χ2n) is 1.93. The Morgan fingerprint density at radius 1 is 1.91 bits per heavy atom. The molecule has 0 saturated heterocycles. The number of nitrogens with zero attached hydrogens (tertiary/aromatic N) is 5. The Morgan fingerprint density at radius 2 is 2.55 bits per heavy atom. The summed E-state index contributed by atoms with van der Waals surface area (Å²) in [7, 11) is 1.49. The molecular formula is C4H5N5O2. The van der Waals surface area contributed by atoms with E-state index in [1.807, 2.05) is 0 Å². The molecule has 0 fully saturated rings. The molecule has 0 saturated carbocycles. The Kier molecular flexibility index (Phi) is 1.60. The van der Waals surface area contributed by atoms with Crippen LogP contribution in [0, 0.1) is 21.4 Å². The van der Waals surface area contributed by atoms with Crippen LogP contribution in [0.4, 0.5) is 0 Å².